The first-order chi connectivity index (χ1) is 10.6. The Balaban J connectivity index is 0.000000496. The second kappa shape index (κ2) is 8.26. The van der Waals surface area contributed by atoms with Gasteiger partial charge in [-0.25, -0.2) is 16.8 Å². The molecule has 6 nitrogen and oxygen atoms in total. The SMILES string of the molecule is CCC=C[n+]1ccsc1.O=S(=O)([N-]S(=O)(=O)C(F)(F)F)C(F)(F)F. The van der Waals surface area contributed by atoms with E-state index >= 15 is 0 Å². The molecule has 0 radical (unpaired) electrons. The monoisotopic (exact) mass is 420 g/mol. The van der Waals surface area contributed by atoms with Crippen LogP contribution in [0.15, 0.2) is 23.2 Å². The van der Waals surface area contributed by atoms with Crippen molar-refractivity contribution in [1.29, 1.82) is 0 Å². The van der Waals surface area contributed by atoms with Crippen molar-refractivity contribution < 1.29 is 47.7 Å². The summed E-state index contributed by atoms with van der Waals surface area (Å²) in [7, 11) is -13.4. The van der Waals surface area contributed by atoms with Gasteiger partial charge in [0.05, 0.1) is 5.38 Å². The predicted octanol–water partition coefficient (Wildman–Crippen LogP) is 2.98. The summed E-state index contributed by atoms with van der Waals surface area (Å²) in [6.45, 7) is 2.13. The van der Waals surface area contributed by atoms with Crippen LogP contribution in [0.2, 0.25) is 0 Å². The number of hydrogen-bond acceptors (Lipinski definition) is 5. The van der Waals surface area contributed by atoms with Crippen LogP contribution in [0.4, 0.5) is 26.3 Å². The lowest BCUT2D eigenvalue weighted by atomic mass is 10.5. The third-order valence-corrected chi connectivity index (χ3v) is 5.17. The maximum atomic E-state index is 11.4. The van der Waals surface area contributed by atoms with Gasteiger partial charge < -0.3 is 4.13 Å². The molecule has 1 aromatic rings. The lowest BCUT2D eigenvalue weighted by Crippen LogP contribution is -2.30. The van der Waals surface area contributed by atoms with Crippen molar-refractivity contribution in [3.8, 4) is 0 Å². The van der Waals surface area contributed by atoms with E-state index in [0.29, 0.717) is 0 Å². The van der Waals surface area contributed by atoms with Crippen molar-refractivity contribution in [1.82, 2.24) is 0 Å². The van der Waals surface area contributed by atoms with E-state index in [2.05, 4.69) is 30.1 Å². The summed E-state index contributed by atoms with van der Waals surface area (Å²) in [5.74, 6) is 0. The highest BCUT2D eigenvalue weighted by Gasteiger charge is 2.46. The quantitative estimate of drug-likeness (QED) is 0.554. The number of hydrogen-bond donors (Lipinski definition) is 0. The van der Waals surface area contributed by atoms with Crippen molar-refractivity contribution >= 4 is 37.6 Å². The summed E-state index contributed by atoms with van der Waals surface area (Å²) < 4.78 is 111. The number of allylic oxidation sites excluding steroid dienone is 1. The zero-order valence-electron chi connectivity index (χ0n) is 11.6. The Morgan fingerprint density at radius 2 is 1.50 bits per heavy atom. The zero-order chi connectivity index (χ0) is 19.2. The number of nitrogens with zero attached hydrogens (tertiary/aromatic N) is 2. The summed E-state index contributed by atoms with van der Waals surface area (Å²) in [5.41, 5.74) is -10.3. The van der Waals surface area contributed by atoms with Crippen LogP contribution < -0.4 is 4.57 Å². The Bertz CT molecular complexity index is 693. The molecule has 0 aliphatic carbocycles. The first-order valence-corrected chi connectivity index (χ1v) is 9.42. The maximum Gasteiger partial charge on any atom is 0.480 e. The molecule has 0 aliphatic heterocycles. The third kappa shape index (κ3) is 7.14. The van der Waals surface area contributed by atoms with E-state index < -0.39 is 31.1 Å². The fraction of sp³-hybridized carbons (Fsp3) is 0.444. The number of halogens is 6. The third-order valence-electron chi connectivity index (χ3n) is 1.79. The van der Waals surface area contributed by atoms with Crippen LogP contribution in [0.1, 0.15) is 13.3 Å². The van der Waals surface area contributed by atoms with Crippen LogP contribution in [0, 0.1) is 0 Å². The fourth-order valence-electron chi connectivity index (χ4n) is 0.772. The van der Waals surface area contributed by atoms with Crippen molar-refractivity contribution in [3.63, 3.8) is 0 Å². The van der Waals surface area contributed by atoms with Gasteiger partial charge in [0.2, 0.25) is 5.51 Å². The van der Waals surface area contributed by atoms with E-state index in [1.165, 1.54) is 0 Å². The molecule has 0 amide bonds. The molecule has 24 heavy (non-hydrogen) atoms. The number of thiazole rings is 1. The topological polar surface area (TPSA) is 86.3 Å². The smallest absolute Gasteiger partial charge is 0.421 e. The maximum absolute atomic E-state index is 11.4. The van der Waals surface area contributed by atoms with Gasteiger partial charge in [-0.2, -0.15) is 30.9 Å². The van der Waals surface area contributed by atoms with Gasteiger partial charge in [-0.05, 0) is 12.5 Å². The summed E-state index contributed by atoms with van der Waals surface area (Å²) >= 11 is 1.70. The molecule has 0 saturated heterocycles. The standard InChI is InChI=1S/C7H10NS.C2F6NO4S2/c1-2-3-4-8-5-6-9-7-8;3-1(4,5)14(10,11)9-15(12,13)2(6,7)8/h3-7H,2H2,1H3;/q+1;-1. The lowest BCUT2D eigenvalue weighted by Gasteiger charge is -2.22. The highest BCUT2D eigenvalue weighted by atomic mass is 32.3. The molecular weight excluding hydrogens is 410 g/mol. The normalized spacial score (nSPS) is 13.6. The molecule has 0 bridgehead atoms. The van der Waals surface area contributed by atoms with E-state index in [9.17, 15) is 43.2 Å². The van der Waals surface area contributed by atoms with E-state index in [4.69, 9.17) is 0 Å². The van der Waals surface area contributed by atoms with Gasteiger partial charge in [-0.1, -0.05) is 18.3 Å². The molecule has 140 valence electrons. The van der Waals surface area contributed by atoms with Gasteiger partial charge in [-0.15, -0.1) is 0 Å². The van der Waals surface area contributed by atoms with E-state index in [0.717, 1.165) is 10.5 Å². The molecule has 0 unspecified atom stereocenters. The summed E-state index contributed by atoms with van der Waals surface area (Å²) in [6, 6.07) is 0. The highest BCUT2D eigenvalue weighted by Crippen LogP contribution is 2.36. The minimum absolute atomic E-state index is 0.778. The summed E-state index contributed by atoms with van der Waals surface area (Å²) in [5, 5.41) is 2.06. The van der Waals surface area contributed by atoms with Crippen molar-refractivity contribution in [2.75, 3.05) is 0 Å². The predicted molar refractivity (Wildman–Crippen MR) is 73.4 cm³/mol. The van der Waals surface area contributed by atoms with E-state index in [1.807, 2.05) is 10.8 Å². The Morgan fingerprint density at radius 1 is 1.04 bits per heavy atom. The minimum atomic E-state index is -6.72. The fourth-order valence-corrected chi connectivity index (χ4v) is 3.04. The van der Waals surface area contributed by atoms with Crippen LogP contribution in [-0.4, -0.2) is 27.9 Å². The largest absolute Gasteiger partial charge is 0.480 e. The van der Waals surface area contributed by atoms with Gasteiger partial charge in [-0.3, -0.25) is 0 Å². The number of rotatable bonds is 4. The average molecular weight is 420 g/mol. The summed E-state index contributed by atoms with van der Waals surface area (Å²) in [4.78, 5) is 0. The Kier molecular flexibility index (Phi) is 7.85. The molecule has 0 fully saturated rings. The lowest BCUT2D eigenvalue weighted by molar-refractivity contribution is -0.562. The van der Waals surface area contributed by atoms with Gasteiger partial charge >= 0.3 is 11.0 Å². The second-order valence-corrected chi connectivity index (χ2v) is 7.86. The molecule has 15 heteroatoms. The minimum Gasteiger partial charge on any atom is -0.421 e. The number of sulfonamides is 2. The molecule has 0 N–H and O–H groups in total. The molecule has 1 aromatic heterocycles. The number of aromatic nitrogens is 1. The van der Waals surface area contributed by atoms with Gasteiger partial charge in [0.15, 0.2) is 32.4 Å². The molecular formula is C9H10F6N2O4S3. The summed E-state index contributed by atoms with van der Waals surface area (Å²) in [6.07, 6.45) is 7.34. The second-order valence-electron chi connectivity index (χ2n) is 3.68. The van der Waals surface area contributed by atoms with Gasteiger partial charge in [0.25, 0.3) is 0 Å². The van der Waals surface area contributed by atoms with Gasteiger partial charge in [0.1, 0.15) is 0 Å². The van der Waals surface area contributed by atoms with Crippen LogP contribution in [0.3, 0.4) is 0 Å². The van der Waals surface area contributed by atoms with Crippen LogP contribution in [-0.2, 0) is 20.0 Å². The molecule has 1 rings (SSSR count). The average Bonchev–Trinajstić information content (AvgIpc) is 2.86. The molecule has 1 heterocycles. The molecule has 0 aromatic carbocycles. The molecule has 0 saturated carbocycles. The highest BCUT2D eigenvalue weighted by molar-refractivity contribution is 8.13. The molecule has 0 atom stereocenters. The number of alkyl halides is 6. The van der Waals surface area contributed by atoms with Crippen LogP contribution in [0.25, 0.3) is 10.3 Å². The molecule has 0 spiro atoms. The van der Waals surface area contributed by atoms with Crippen molar-refractivity contribution in [3.05, 3.63) is 27.3 Å². The Hall–Kier alpha value is -1.19. The molecule has 0 aliphatic rings. The van der Waals surface area contributed by atoms with Crippen molar-refractivity contribution in [2.45, 2.75) is 24.4 Å². The first-order valence-electron chi connectivity index (χ1n) is 5.60. The van der Waals surface area contributed by atoms with Crippen LogP contribution in [0.5, 0.6) is 0 Å². The van der Waals surface area contributed by atoms with Crippen molar-refractivity contribution in [2.24, 2.45) is 0 Å². The first kappa shape index (κ1) is 22.8. The van der Waals surface area contributed by atoms with Crippen LogP contribution >= 0.6 is 11.3 Å². The van der Waals surface area contributed by atoms with E-state index in [1.54, 1.807) is 11.3 Å². The Labute approximate surface area is 137 Å². The van der Waals surface area contributed by atoms with Gasteiger partial charge in [0, 0.05) is 0 Å². The van der Waals surface area contributed by atoms with E-state index in [-0.39, 0.29) is 0 Å². The zero-order valence-corrected chi connectivity index (χ0v) is 14.1. The Morgan fingerprint density at radius 3 is 1.79 bits per heavy atom.